The highest BCUT2D eigenvalue weighted by Crippen LogP contribution is 2.50. The summed E-state index contributed by atoms with van der Waals surface area (Å²) in [5, 5.41) is 5.98. The van der Waals surface area contributed by atoms with Gasteiger partial charge in [-0.3, -0.25) is 9.69 Å². The largest absolute Gasteiger partial charge is 0.416 e. The number of ether oxygens (including phenoxy) is 1. The molecule has 6 rings (SSSR count). The number of piperidine rings is 1. The number of hydrogen-bond donors (Lipinski definition) is 2. The molecule has 3 fully saturated rings. The van der Waals surface area contributed by atoms with E-state index in [2.05, 4.69) is 10.6 Å². The van der Waals surface area contributed by atoms with Gasteiger partial charge >= 0.3 is 6.18 Å². The van der Waals surface area contributed by atoms with Crippen molar-refractivity contribution < 1.29 is 31.5 Å². The molecule has 234 valence electrons. The summed E-state index contributed by atoms with van der Waals surface area (Å²) in [4.78, 5) is 15.8. The first-order valence-corrected chi connectivity index (χ1v) is 15.2. The van der Waals surface area contributed by atoms with Crippen LogP contribution < -0.4 is 10.6 Å². The van der Waals surface area contributed by atoms with E-state index < -0.39 is 47.8 Å². The SMILES string of the molecule is Cc1ccc(NC(=O)[C@H]2CCCN(C3OC3c3c(C)cccc3F)[C@H]2c2ccc(NC3CCCC3)c(F)c2)cc1C(F)(F)F. The summed E-state index contributed by atoms with van der Waals surface area (Å²) in [7, 11) is 0. The van der Waals surface area contributed by atoms with Crippen LogP contribution in [-0.4, -0.2) is 29.6 Å². The monoisotopic (exact) mass is 613 g/mol. The third kappa shape index (κ3) is 6.19. The minimum absolute atomic E-state index is 0.0358. The number of epoxide rings is 1. The molecule has 2 N–H and O–H groups in total. The summed E-state index contributed by atoms with van der Waals surface area (Å²) in [5.41, 5.74) is 1.41. The summed E-state index contributed by atoms with van der Waals surface area (Å²) in [5.74, 6) is -2.01. The Hall–Kier alpha value is -3.50. The second-order valence-corrected chi connectivity index (χ2v) is 12.2. The van der Waals surface area contributed by atoms with Gasteiger partial charge in [-0.15, -0.1) is 0 Å². The molecule has 3 aliphatic rings. The lowest BCUT2D eigenvalue weighted by atomic mass is 9.83. The van der Waals surface area contributed by atoms with E-state index in [4.69, 9.17) is 4.74 Å². The summed E-state index contributed by atoms with van der Waals surface area (Å²) >= 11 is 0. The lowest BCUT2D eigenvalue weighted by Gasteiger charge is -2.40. The molecule has 3 aromatic carbocycles. The van der Waals surface area contributed by atoms with Crippen molar-refractivity contribution in [3.05, 3.63) is 94.0 Å². The van der Waals surface area contributed by atoms with Crippen LogP contribution in [0.1, 0.15) is 78.5 Å². The number of nitrogens with zero attached hydrogens (tertiary/aromatic N) is 1. The molecule has 10 heteroatoms. The number of hydrogen-bond acceptors (Lipinski definition) is 4. The number of anilines is 2. The van der Waals surface area contributed by atoms with Gasteiger partial charge < -0.3 is 15.4 Å². The van der Waals surface area contributed by atoms with Crippen molar-refractivity contribution in [2.24, 2.45) is 5.92 Å². The molecule has 44 heavy (non-hydrogen) atoms. The van der Waals surface area contributed by atoms with E-state index in [0.717, 1.165) is 37.3 Å². The molecule has 2 saturated heterocycles. The van der Waals surface area contributed by atoms with Crippen molar-refractivity contribution in [2.75, 3.05) is 17.2 Å². The second kappa shape index (κ2) is 12.1. The maximum atomic E-state index is 15.5. The van der Waals surface area contributed by atoms with Gasteiger partial charge in [0.25, 0.3) is 0 Å². The van der Waals surface area contributed by atoms with Crippen LogP contribution in [-0.2, 0) is 15.7 Å². The average Bonchev–Trinajstić information content (AvgIpc) is 3.57. The normalized spacial score (nSPS) is 24.3. The van der Waals surface area contributed by atoms with Crippen molar-refractivity contribution in [3.63, 3.8) is 0 Å². The zero-order valence-corrected chi connectivity index (χ0v) is 24.7. The molecule has 5 nitrogen and oxygen atoms in total. The van der Waals surface area contributed by atoms with Crippen molar-refractivity contribution in [1.82, 2.24) is 4.90 Å². The molecule has 3 aromatic rings. The summed E-state index contributed by atoms with van der Waals surface area (Å²) in [6, 6.07) is 13.0. The number of likely N-dealkylation sites (tertiary alicyclic amines) is 1. The van der Waals surface area contributed by atoms with Crippen LogP contribution in [0.3, 0.4) is 0 Å². The minimum Gasteiger partial charge on any atom is -0.380 e. The van der Waals surface area contributed by atoms with Crippen LogP contribution in [0.5, 0.6) is 0 Å². The molecule has 2 aliphatic heterocycles. The number of carbonyl (C=O) groups is 1. The fraction of sp³-hybridized carbons (Fsp3) is 0.441. The first-order valence-electron chi connectivity index (χ1n) is 15.2. The third-order valence-electron chi connectivity index (χ3n) is 9.22. The lowest BCUT2D eigenvalue weighted by molar-refractivity contribution is -0.138. The molecule has 0 radical (unpaired) electrons. The van der Waals surface area contributed by atoms with Crippen molar-refractivity contribution in [2.45, 2.75) is 83.0 Å². The number of alkyl halides is 3. The van der Waals surface area contributed by atoms with Crippen LogP contribution in [0, 0.1) is 31.4 Å². The number of amides is 1. The Balaban J connectivity index is 1.31. The third-order valence-corrected chi connectivity index (χ3v) is 9.22. The van der Waals surface area contributed by atoms with Gasteiger partial charge in [0.2, 0.25) is 5.91 Å². The first kappa shape index (κ1) is 30.5. The molecule has 2 unspecified atom stereocenters. The number of rotatable bonds is 7. The maximum Gasteiger partial charge on any atom is 0.416 e. The van der Waals surface area contributed by atoms with E-state index in [1.807, 2.05) is 17.9 Å². The van der Waals surface area contributed by atoms with Gasteiger partial charge in [-0.1, -0.05) is 37.1 Å². The van der Waals surface area contributed by atoms with Gasteiger partial charge in [-0.2, -0.15) is 13.2 Å². The molecule has 1 aliphatic carbocycles. The van der Waals surface area contributed by atoms with Gasteiger partial charge in [0, 0.05) is 29.9 Å². The number of aryl methyl sites for hydroxylation is 2. The Kier molecular flexibility index (Phi) is 8.41. The van der Waals surface area contributed by atoms with Crippen LogP contribution >= 0.6 is 0 Å². The van der Waals surface area contributed by atoms with Crippen molar-refractivity contribution in [3.8, 4) is 0 Å². The van der Waals surface area contributed by atoms with Crippen LogP contribution in [0.15, 0.2) is 54.6 Å². The van der Waals surface area contributed by atoms with E-state index in [9.17, 15) is 22.4 Å². The van der Waals surface area contributed by atoms with E-state index in [0.29, 0.717) is 36.2 Å². The summed E-state index contributed by atoms with van der Waals surface area (Å²) < 4.78 is 77.2. The summed E-state index contributed by atoms with van der Waals surface area (Å²) in [6.07, 6.45) is -0.476. The predicted octanol–water partition coefficient (Wildman–Crippen LogP) is 8.44. The lowest BCUT2D eigenvalue weighted by Crippen LogP contribution is -2.45. The average molecular weight is 614 g/mol. The van der Waals surface area contributed by atoms with Crippen LogP contribution in [0.25, 0.3) is 0 Å². The summed E-state index contributed by atoms with van der Waals surface area (Å²) in [6.45, 7) is 3.70. The second-order valence-electron chi connectivity index (χ2n) is 12.2. The number of benzene rings is 3. The first-order chi connectivity index (χ1) is 21.0. The Labute approximate surface area is 253 Å². The minimum atomic E-state index is -4.57. The predicted molar refractivity (Wildman–Crippen MR) is 158 cm³/mol. The molecule has 4 atom stereocenters. The molecular weight excluding hydrogens is 577 g/mol. The van der Waals surface area contributed by atoms with Gasteiger partial charge in [0.05, 0.1) is 17.2 Å². The highest BCUT2D eigenvalue weighted by molar-refractivity contribution is 5.93. The fourth-order valence-electron chi connectivity index (χ4n) is 6.94. The Morgan fingerprint density at radius 1 is 0.909 bits per heavy atom. The standard InChI is InChI=1S/C34H36F5N3O2/c1-19-12-14-23(18-25(19)34(37,38)39)41-32(43)24-10-6-16-42(33-31(44-33)29-20(2)7-5-11-26(29)35)30(24)21-13-15-28(27(36)17-21)40-22-8-3-4-9-22/h5,7,11-15,17-18,22,24,30-31,33,40H,3-4,6,8-10,16H2,1-2H3,(H,41,43)/t24-,30-,31?,33?/m0/s1. The van der Waals surface area contributed by atoms with Gasteiger partial charge in [0.1, 0.15) is 24.0 Å². The van der Waals surface area contributed by atoms with E-state index in [-0.39, 0.29) is 23.1 Å². The van der Waals surface area contributed by atoms with Crippen molar-refractivity contribution >= 4 is 17.3 Å². The van der Waals surface area contributed by atoms with Gasteiger partial charge in [-0.05, 0) is 86.6 Å². The quantitative estimate of drug-likeness (QED) is 0.207. The zero-order chi connectivity index (χ0) is 31.2. The highest BCUT2D eigenvalue weighted by atomic mass is 19.4. The van der Waals surface area contributed by atoms with Crippen molar-refractivity contribution in [1.29, 1.82) is 0 Å². The molecule has 0 spiro atoms. The molecule has 1 saturated carbocycles. The fourth-order valence-corrected chi connectivity index (χ4v) is 6.94. The molecule has 1 amide bonds. The molecule has 0 bridgehead atoms. The van der Waals surface area contributed by atoms with Crippen LogP contribution in [0.4, 0.5) is 33.3 Å². The number of carbonyl (C=O) groups excluding carboxylic acids is 1. The molecular formula is C34H36F5N3O2. The van der Waals surface area contributed by atoms with Gasteiger partial charge in [-0.25, -0.2) is 8.78 Å². The Morgan fingerprint density at radius 3 is 2.39 bits per heavy atom. The van der Waals surface area contributed by atoms with E-state index in [1.165, 1.54) is 31.2 Å². The smallest absolute Gasteiger partial charge is 0.380 e. The Morgan fingerprint density at radius 2 is 1.68 bits per heavy atom. The van der Waals surface area contributed by atoms with Gasteiger partial charge in [0.15, 0.2) is 0 Å². The van der Waals surface area contributed by atoms with E-state index in [1.54, 1.807) is 18.2 Å². The molecule has 0 aromatic heterocycles. The molecule has 2 heterocycles. The van der Waals surface area contributed by atoms with E-state index >= 15 is 4.39 Å². The topological polar surface area (TPSA) is 56.9 Å². The maximum absolute atomic E-state index is 15.5. The zero-order valence-electron chi connectivity index (χ0n) is 24.7. The van der Waals surface area contributed by atoms with Crippen LogP contribution in [0.2, 0.25) is 0 Å². The Bertz CT molecular complexity index is 1520. The highest BCUT2D eigenvalue weighted by Gasteiger charge is 2.52. The number of nitrogens with one attached hydrogen (secondary N) is 2. The number of halogens is 5.